The average molecular weight is 232 g/mol. The van der Waals surface area contributed by atoms with E-state index < -0.39 is 23.3 Å². The maximum absolute atomic E-state index is 11.6. The number of carbonyl (C=O) groups excluding carboxylic acids is 2. The Balaban J connectivity index is 5.23. The molecule has 0 fully saturated rings. The maximum Gasteiger partial charge on any atom is 0.335 e. The van der Waals surface area contributed by atoms with E-state index in [1.54, 1.807) is 0 Å². The quantitative estimate of drug-likeness (QED) is 0.532. The summed E-state index contributed by atoms with van der Waals surface area (Å²) < 4.78 is 9.21. The molecule has 0 radical (unpaired) electrons. The maximum atomic E-state index is 11.6. The summed E-state index contributed by atoms with van der Waals surface area (Å²) in [4.78, 5) is 34.2. The lowest BCUT2D eigenvalue weighted by Crippen LogP contribution is -2.48. The van der Waals surface area contributed by atoms with Crippen LogP contribution in [0.5, 0.6) is 0 Å². The lowest BCUT2D eigenvalue weighted by Gasteiger charge is -2.23. The van der Waals surface area contributed by atoms with E-state index in [9.17, 15) is 14.4 Å². The van der Waals surface area contributed by atoms with Crippen LogP contribution >= 0.6 is 0 Å². The summed E-state index contributed by atoms with van der Waals surface area (Å²) in [5, 5.41) is 9.02. The minimum absolute atomic E-state index is 0.00721. The standard InChI is InChI=1S/C10H16O6/c1-4-10(7(11)12,8(13)15-5-2)9(14)16-6-3/h4-6H2,1-3H3,(H,11,12). The smallest absolute Gasteiger partial charge is 0.335 e. The topological polar surface area (TPSA) is 89.9 Å². The van der Waals surface area contributed by atoms with Gasteiger partial charge in [-0.3, -0.25) is 14.4 Å². The van der Waals surface area contributed by atoms with Gasteiger partial charge in [-0.05, 0) is 20.3 Å². The molecule has 0 spiro atoms. The molecule has 0 rings (SSSR count). The molecular formula is C10H16O6. The molecule has 0 aromatic carbocycles. The molecule has 0 aliphatic heterocycles. The third kappa shape index (κ3) is 2.50. The van der Waals surface area contributed by atoms with Gasteiger partial charge in [-0.1, -0.05) is 6.92 Å². The van der Waals surface area contributed by atoms with E-state index in [1.165, 1.54) is 20.8 Å². The molecule has 0 saturated carbocycles. The Morgan fingerprint density at radius 1 is 1.00 bits per heavy atom. The van der Waals surface area contributed by atoms with E-state index >= 15 is 0 Å². The van der Waals surface area contributed by atoms with Crippen molar-refractivity contribution in [3.05, 3.63) is 0 Å². The summed E-state index contributed by atoms with van der Waals surface area (Å²) in [6.07, 6.45) is -0.208. The second-order valence-corrected chi connectivity index (χ2v) is 3.00. The number of aliphatic carboxylic acids is 1. The normalized spacial score (nSPS) is 10.7. The zero-order valence-electron chi connectivity index (χ0n) is 9.61. The Kier molecular flexibility index (Phi) is 5.49. The molecule has 0 aliphatic rings. The highest BCUT2D eigenvalue weighted by molar-refractivity contribution is 6.17. The van der Waals surface area contributed by atoms with Crippen molar-refractivity contribution >= 4 is 17.9 Å². The summed E-state index contributed by atoms with van der Waals surface area (Å²) in [5.74, 6) is -3.71. The van der Waals surface area contributed by atoms with Crippen molar-refractivity contribution in [1.82, 2.24) is 0 Å². The lowest BCUT2D eigenvalue weighted by atomic mass is 9.85. The Hall–Kier alpha value is -1.59. The van der Waals surface area contributed by atoms with Gasteiger partial charge in [-0.2, -0.15) is 0 Å². The van der Waals surface area contributed by atoms with Crippen LogP contribution in [0.2, 0.25) is 0 Å². The van der Waals surface area contributed by atoms with Gasteiger partial charge < -0.3 is 14.6 Å². The van der Waals surface area contributed by atoms with E-state index in [1.807, 2.05) is 0 Å². The summed E-state index contributed by atoms with van der Waals surface area (Å²) in [7, 11) is 0. The van der Waals surface area contributed by atoms with Gasteiger partial charge in [-0.25, -0.2) is 0 Å². The fourth-order valence-corrected chi connectivity index (χ4v) is 1.21. The third-order valence-electron chi connectivity index (χ3n) is 2.14. The van der Waals surface area contributed by atoms with Crippen LogP contribution in [0.25, 0.3) is 0 Å². The molecule has 0 aliphatic carbocycles. The minimum Gasteiger partial charge on any atom is -0.480 e. The van der Waals surface area contributed by atoms with Crippen LogP contribution < -0.4 is 0 Å². The third-order valence-corrected chi connectivity index (χ3v) is 2.14. The molecule has 0 bridgehead atoms. The van der Waals surface area contributed by atoms with Gasteiger partial charge >= 0.3 is 17.9 Å². The fraction of sp³-hybridized carbons (Fsp3) is 0.700. The molecule has 0 amide bonds. The number of carboxylic acid groups (broad SMARTS) is 1. The lowest BCUT2D eigenvalue weighted by molar-refractivity contribution is -0.181. The van der Waals surface area contributed by atoms with Crippen molar-refractivity contribution in [2.75, 3.05) is 13.2 Å². The van der Waals surface area contributed by atoms with Gasteiger partial charge in [0.05, 0.1) is 13.2 Å². The zero-order valence-corrected chi connectivity index (χ0v) is 9.61. The zero-order chi connectivity index (χ0) is 12.8. The molecule has 0 atom stereocenters. The van der Waals surface area contributed by atoms with Gasteiger partial charge in [0.2, 0.25) is 0 Å². The highest BCUT2D eigenvalue weighted by Crippen LogP contribution is 2.26. The van der Waals surface area contributed by atoms with E-state index in [-0.39, 0.29) is 19.6 Å². The minimum atomic E-state index is -2.24. The molecular weight excluding hydrogens is 216 g/mol. The van der Waals surface area contributed by atoms with Crippen LogP contribution in [-0.4, -0.2) is 36.2 Å². The molecule has 0 aromatic heterocycles. The first-order chi connectivity index (χ1) is 7.47. The van der Waals surface area contributed by atoms with Gasteiger partial charge in [0.25, 0.3) is 5.41 Å². The number of carbonyl (C=O) groups is 3. The fourth-order valence-electron chi connectivity index (χ4n) is 1.21. The van der Waals surface area contributed by atoms with Crippen molar-refractivity contribution in [2.45, 2.75) is 27.2 Å². The SMILES string of the molecule is CCOC(=O)C(CC)(C(=O)O)C(=O)OCC. The summed E-state index contributed by atoms with van der Waals surface area (Å²) in [6, 6.07) is 0. The Morgan fingerprint density at radius 2 is 1.38 bits per heavy atom. The van der Waals surface area contributed by atoms with Crippen molar-refractivity contribution in [1.29, 1.82) is 0 Å². The largest absolute Gasteiger partial charge is 0.480 e. The van der Waals surface area contributed by atoms with Gasteiger partial charge in [0.1, 0.15) is 0 Å². The Morgan fingerprint density at radius 3 is 1.56 bits per heavy atom. The first-order valence-corrected chi connectivity index (χ1v) is 5.05. The van der Waals surface area contributed by atoms with Crippen molar-refractivity contribution in [2.24, 2.45) is 5.41 Å². The monoisotopic (exact) mass is 232 g/mol. The Labute approximate surface area is 93.5 Å². The van der Waals surface area contributed by atoms with Gasteiger partial charge in [-0.15, -0.1) is 0 Å². The van der Waals surface area contributed by atoms with E-state index in [2.05, 4.69) is 9.47 Å². The van der Waals surface area contributed by atoms with Crippen LogP contribution in [0.4, 0.5) is 0 Å². The van der Waals surface area contributed by atoms with Crippen LogP contribution in [-0.2, 0) is 23.9 Å². The predicted octanol–water partition coefficient (Wildman–Crippen LogP) is 0.594. The molecule has 92 valence electrons. The van der Waals surface area contributed by atoms with Crippen molar-refractivity contribution in [3.63, 3.8) is 0 Å². The van der Waals surface area contributed by atoms with Crippen LogP contribution in [0, 0.1) is 5.41 Å². The highest BCUT2D eigenvalue weighted by atomic mass is 16.6. The number of esters is 2. The predicted molar refractivity (Wildman–Crippen MR) is 53.6 cm³/mol. The number of hydrogen-bond donors (Lipinski definition) is 1. The second-order valence-electron chi connectivity index (χ2n) is 3.00. The molecule has 1 N–H and O–H groups in total. The van der Waals surface area contributed by atoms with E-state index in [0.717, 1.165) is 0 Å². The van der Waals surface area contributed by atoms with Crippen LogP contribution in [0.3, 0.4) is 0 Å². The highest BCUT2D eigenvalue weighted by Gasteiger charge is 2.54. The molecule has 0 unspecified atom stereocenters. The first-order valence-electron chi connectivity index (χ1n) is 5.05. The summed E-state index contributed by atoms with van der Waals surface area (Å²) >= 11 is 0. The van der Waals surface area contributed by atoms with Crippen molar-refractivity contribution in [3.8, 4) is 0 Å². The number of carboxylic acids is 1. The van der Waals surface area contributed by atoms with Crippen LogP contribution in [0.15, 0.2) is 0 Å². The second kappa shape index (κ2) is 6.09. The summed E-state index contributed by atoms with van der Waals surface area (Å²) in [6.45, 7) is 4.50. The molecule has 0 heterocycles. The molecule has 6 heteroatoms. The number of rotatable bonds is 6. The van der Waals surface area contributed by atoms with Crippen molar-refractivity contribution < 1.29 is 29.0 Å². The molecule has 0 saturated heterocycles. The van der Waals surface area contributed by atoms with Gasteiger partial charge in [0, 0.05) is 0 Å². The van der Waals surface area contributed by atoms with Gasteiger partial charge in [0.15, 0.2) is 0 Å². The van der Waals surface area contributed by atoms with E-state index in [0.29, 0.717) is 0 Å². The summed E-state index contributed by atoms with van der Waals surface area (Å²) in [5.41, 5.74) is -2.24. The average Bonchev–Trinajstić information content (AvgIpc) is 2.19. The number of ether oxygens (including phenoxy) is 2. The van der Waals surface area contributed by atoms with Crippen LogP contribution in [0.1, 0.15) is 27.2 Å². The molecule has 0 aromatic rings. The molecule has 6 nitrogen and oxygen atoms in total. The first kappa shape index (κ1) is 14.4. The Bertz CT molecular complexity index is 265. The number of hydrogen-bond acceptors (Lipinski definition) is 5. The van der Waals surface area contributed by atoms with E-state index in [4.69, 9.17) is 5.11 Å². The molecule has 16 heavy (non-hydrogen) atoms.